The molecule has 4 nitrogen and oxygen atoms in total. The Morgan fingerprint density at radius 2 is 2.24 bits per heavy atom. The van der Waals surface area contributed by atoms with E-state index in [4.69, 9.17) is 4.42 Å². The fraction of sp³-hybridized carbons (Fsp3) is 0.385. The van der Waals surface area contributed by atoms with Gasteiger partial charge in [-0.15, -0.1) is 0 Å². The number of carbonyl (C=O) groups is 1. The zero-order valence-electron chi connectivity index (χ0n) is 9.48. The van der Waals surface area contributed by atoms with Gasteiger partial charge in [-0.25, -0.2) is 4.99 Å². The Balaban J connectivity index is 1.83. The van der Waals surface area contributed by atoms with Gasteiger partial charge in [0.25, 0.3) is 5.91 Å². The van der Waals surface area contributed by atoms with Crippen molar-refractivity contribution in [2.45, 2.75) is 25.7 Å². The molecule has 2 aliphatic rings. The van der Waals surface area contributed by atoms with Crippen LogP contribution >= 0.6 is 0 Å². The monoisotopic (exact) mass is 230 g/mol. The molecule has 1 aliphatic carbocycles. The molecular weight excluding hydrogens is 216 g/mol. The number of furan rings is 1. The van der Waals surface area contributed by atoms with E-state index in [-0.39, 0.29) is 5.91 Å². The van der Waals surface area contributed by atoms with Crippen molar-refractivity contribution in [2.75, 3.05) is 0 Å². The molecule has 1 amide bonds. The molecule has 0 radical (unpaired) electrons. The molecule has 1 aromatic heterocycles. The molecule has 0 saturated heterocycles. The van der Waals surface area contributed by atoms with Gasteiger partial charge in [-0.2, -0.15) is 0 Å². The minimum absolute atomic E-state index is 0.122. The van der Waals surface area contributed by atoms with Gasteiger partial charge < -0.3 is 9.73 Å². The standard InChI is InChI=1S/C13H14N2O2/c16-13-11(8-10-6-3-7-17-10)14-12(15-13)9-4-1-2-5-9/h3,6-9H,1-2,4-5H2,(H,14,15,16)/b11-8+. The van der Waals surface area contributed by atoms with E-state index in [2.05, 4.69) is 10.3 Å². The van der Waals surface area contributed by atoms with Crippen LogP contribution < -0.4 is 5.32 Å². The van der Waals surface area contributed by atoms with Crippen LogP contribution in [-0.4, -0.2) is 11.7 Å². The fourth-order valence-electron chi connectivity index (χ4n) is 2.39. The van der Waals surface area contributed by atoms with E-state index in [1.54, 1.807) is 18.4 Å². The Morgan fingerprint density at radius 1 is 1.41 bits per heavy atom. The van der Waals surface area contributed by atoms with Gasteiger partial charge in [0.15, 0.2) is 0 Å². The summed E-state index contributed by atoms with van der Waals surface area (Å²) in [4.78, 5) is 16.1. The maximum absolute atomic E-state index is 11.7. The minimum atomic E-state index is -0.122. The van der Waals surface area contributed by atoms with Gasteiger partial charge in [-0.1, -0.05) is 12.8 Å². The van der Waals surface area contributed by atoms with Crippen LogP contribution in [0.2, 0.25) is 0 Å². The number of rotatable bonds is 2. The molecule has 1 aliphatic heterocycles. The van der Waals surface area contributed by atoms with Crippen LogP contribution in [0, 0.1) is 5.92 Å². The summed E-state index contributed by atoms with van der Waals surface area (Å²) in [6.45, 7) is 0. The third-order valence-electron chi connectivity index (χ3n) is 3.28. The topological polar surface area (TPSA) is 54.6 Å². The molecule has 0 spiro atoms. The first-order valence-electron chi connectivity index (χ1n) is 5.98. The van der Waals surface area contributed by atoms with E-state index in [1.165, 1.54) is 12.8 Å². The van der Waals surface area contributed by atoms with Crippen LogP contribution in [0.1, 0.15) is 31.4 Å². The molecule has 0 bridgehead atoms. The lowest BCUT2D eigenvalue weighted by Gasteiger charge is -2.06. The zero-order chi connectivity index (χ0) is 11.7. The minimum Gasteiger partial charge on any atom is -0.465 e. The van der Waals surface area contributed by atoms with Crippen molar-refractivity contribution in [3.05, 3.63) is 29.9 Å². The largest absolute Gasteiger partial charge is 0.465 e. The number of amides is 1. The van der Waals surface area contributed by atoms with Crippen LogP contribution in [0.15, 0.2) is 33.5 Å². The lowest BCUT2D eigenvalue weighted by atomic mass is 10.1. The summed E-state index contributed by atoms with van der Waals surface area (Å²) in [6.07, 6.45) is 7.99. The predicted octanol–water partition coefficient (Wildman–Crippen LogP) is 2.34. The summed E-state index contributed by atoms with van der Waals surface area (Å²) >= 11 is 0. The average Bonchev–Trinajstić information content (AvgIpc) is 3.02. The van der Waals surface area contributed by atoms with E-state index >= 15 is 0 Å². The summed E-state index contributed by atoms with van der Waals surface area (Å²) < 4.78 is 5.18. The molecule has 17 heavy (non-hydrogen) atoms. The first kappa shape index (κ1) is 10.3. The number of hydrogen-bond acceptors (Lipinski definition) is 3. The van der Waals surface area contributed by atoms with E-state index < -0.39 is 0 Å². The van der Waals surface area contributed by atoms with Gasteiger partial charge in [0, 0.05) is 12.0 Å². The maximum Gasteiger partial charge on any atom is 0.275 e. The molecule has 2 heterocycles. The van der Waals surface area contributed by atoms with Crippen molar-refractivity contribution in [3.8, 4) is 0 Å². The van der Waals surface area contributed by atoms with E-state index in [9.17, 15) is 4.79 Å². The smallest absolute Gasteiger partial charge is 0.275 e. The SMILES string of the molecule is O=C1NC(C2CCCC2)=N/C1=C/c1ccco1. The maximum atomic E-state index is 11.7. The highest BCUT2D eigenvalue weighted by Crippen LogP contribution is 2.27. The van der Waals surface area contributed by atoms with E-state index in [1.807, 2.05) is 6.07 Å². The number of amidine groups is 1. The highest BCUT2D eigenvalue weighted by molar-refractivity contribution is 6.14. The summed E-state index contributed by atoms with van der Waals surface area (Å²) in [5, 5.41) is 2.86. The van der Waals surface area contributed by atoms with Gasteiger partial charge in [-0.3, -0.25) is 4.79 Å². The first-order valence-corrected chi connectivity index (χ1v) is 5.98. The summed E-state index contributed by atoms with van der Waals surface area (Å²) in [7, 11) is 0. The van der Waals surface area contributed by atoms with Gasteiger partial charge in [0.2, 0.25) is 0 Å². The number of nitrogens with zero attached hydrogens (tertiary/aromatic N) is 1. The molecule has 1 fully saturated rings. The van der Waals surface area contributed by atoms with Crippen molar-refractivity contribution >= 4 is 17.8 Å². The summed E-state index contributed by atoms with van der Waals surface area (Å²) in [5.41, 5.74) is 0.446. The van der Waals surface area contributed by atoms with E-state index in [0.717, 1.165) is 18.7 Å². The van der Waals surface area contributed by atoms with Crippen LogP contribution in [-0.2, 0) is 4.79 Å². The van der Waals surface area contributed by atoms with E-state index in [0.29, 0.717) is 17.4 Å². The molecule has 4 heteroatoms. The molecule has 1 N–H and O–H groups in total. The Morgan fingerprint density at radius 3 is 2.94 bits per heavy atom. The highest BCUT2D eigenvalue weighted by atomic mass is 16.3. The second-order valence-electron chi connectivity index (χ2n) is 4.48. The summed E-state index contributed by atoms with van der Waals surface area (Å²) in [6, 6.07) is 3.60. The van der Waals surface area contributed by atoms with Crippen molar-refractivity contribution in [1.82, 2.24) is 5.32 Å². The normalized spacial score (nSPS) is 23.2. The van der Waals surface area contributed by atoms with Crippen LogP contribution in [0.4, 0.5) is 0 Å². The van der Waals surface area contributed by atoms with Gasteiger partial charge in [0.05, 0.1) is 6.26 Å². The molecule has 0 aromatic carbocycles. The Hall–Kier alpha value is -1.84. The predicted molar refractivity (Wildman–Crippen MR) is 64.2 cm³/mol. The third-order valence-corrected chi connectivity index (χ3v) is 3.28. The van der Waals surface area contributed by atoms with Crippen LogP contribution in [0.5, 0.6) is 0 Å². The van der Waals surface area contributed by atoms with Crippen LogP contribution in [0.3, 0.4) is 0 Å². The van der Waals surface area contributed by atoms with Crippen molar-refractivity contribution < 1.29 is 9.21 Å². The molecule has 88 valence electrons. The quantitative estimate of drug-likeness (QED) is 0.793. The molecule has 0 atom stereocenters. The van der Waals surface area contributed by atoms with Gasteiger partial charge in [0.1, 0.15) is 17.3 Å². The number of carbonyl (C=O) groups excluding carboxylic acids is 1. The van der Waals surface area contributed by atoms with Gasteiger partial charge >= 0.3 is 0 Å². The molecule has 1 saturated carbocycles. The van der Waals surface area contributed by atoms with Crippen molar-refractivity contribution in [1.29, 1.82) is 0 Å². The molecule has 1 aromatic rings. The molecule has 3 rings (SSSR count). The Labute approximate surface area is 99.4 Å². The number of nitrogens with one attached hydrogen (secondary N) is 1. The number of aliphatic imine (C=N–C) groups is 1. The Bertz CT molecular complexity index is 480. The Kier molecular flexibility index (Phi) is 2.55. The number of hydrogen-bond donors (Lipinski definition) is 1. The lowest BCUT2D eigenvalue weighted by Crippen LogP contribution is -2.29. The third kappa shape index (κ3) is 2.02. The summed E-state index contributed by atoms with van der Waals surface area (Å²) in [5.74, 6) is 1.81. The van der Waals surface area contributed by atoms with Crippen molar-refractivity contribution in [3.63, 3.8) is 0 Å². The fourth-order valence-corrected chi connectivity index (χ4v) is 2.39. The second kappa shape index (κ2) is 4.20. The first-order chi connectivity index (χ1) is 8.33. The van der Waals surface area contributed by atoms with Crippen molar-refractivity contribution in [2.24, 2.45) is 10.9 Å². The van der Waals surface area contributed by atoms with Crippen LogP contribution in [0.25, 0.3) is 6.08 Å². The average molecular weight is 230 g/mol. The second-order valence-corrected chi connectivity index (χ2v) is 4.48. The lowest BCUT2D eigenvalue weighted by molar-refractivity contribution is -0.115. The molecule has 0 unspecified atom stereocenters. The molecular formula is C13H14N2O2. The zero-order valence-corrected chi connectivity index (χ0v) is 9.48. The van der Waals surface area contributed by atoms with Gasteiger partial charge in [-0.05, 0) is 25.0 Å². The highest BCUT2D eigenvalue weighted by Gasteiger charge is 2.28.